The van der Waals surface area contributed by atoms with Gasteiger partial charge in [-0.25, -0.2) is 0 Å². The van der Waals surface area contributed by atoms with Crippen molar-refractivity contribution >= 4 is 29.9 Å². The molecule has 3 unspecified atom stereocenters. The van der Waals surface area contributed by atoms with Crippen molar-refractivity contribution in [3.05, 3.63) is 0 Å². The molecule has 6 nitrogen and oxygen atoms in total. The van der Waals surface area contributed by atoms with Crippen LogP contribution in [-0.4, -0.2) is 41.1 Å². The van der Waals surface area contributed by atoms with E-state index >= 15 is 0 Å². The molecule has 6 heteroatoms. The molecule has 1 aliphatic rings. The molecule has 1 saturated carbocycles. The van der Waals surface area contributed by atoms with Crippen LogP contribution in [0.5, 0.6) is 0 Å². The van der Waals surface area contributed by atoms with E-state index < -0.39 is 41.2 Å². The fourth-order valence-corrected chi connectivity index (χ4v) is 2.27. The zero-order valence-electron chi connectivity index (χ0n) is 10.7. The number of ketones is 3. The zero-order chi connectivity index (χ0) is 14.7. The Morgan fingerprint density at radius 3 is 1.74 bits per heavy atom. The lowest BCUT2D eigenvalue weighted by Crippen LogP contribution is -2.53. The van der Waals surface area contributed by atoms with Crippen LogP contribution in [0.15, 0.2) is 0 Å². The predicted octanol–water partition coefficient (Wildman–Crippen LogP) is -0.639. The molecule has 0 aromatic carbocycles. The summed E-state index contributed by atoms with van der Waals surface area (Å²) in [7, 11) is 0. The summed E-state index contributed by atoms with van der Waals surface area (Å²) in [5.74, 6) is -7.50. The molecule has 0 aromatic heterocycles. The maximum atomic E-state index is 11.9. The van der Waals surface area contributed by atoms with Gasteiger partial charge >= 0.3 is 0 Å². The van der Waals surface area contributed by atoms with Crippen LogP contribution in [0.2, 0.25) is 0 Å². The van der Waals surface area contributed by atoms with E-state index in [0.29, 0.717) is 0 Å². The van der Waals surface area contributed by atoms with Crippen LogP contribution in [0.1, 0.15) is 20.3 Å². The van der Waals surface area contributed by atoms with Crippen LogP contribution >= 0.6 is 0 Å². The van der Waals surface area contributed by atoms with Gasteiger partial charge in [0, 0.05) is 0 Å². The van der Waals surface area contributed by atoms with Crippen LogP contribution in [0, 0.1) is 23.7 Å². The minimum atomic E-state index is -1.63. The number of aldehydes is 2. The van der Waals surface area contributed by atoms with E-state index in [0.717, 1.165) is 0 Å². The third-order valence-corrected chi connectivity index (χ3v) is 3.21. The van der Waals surface area contributed by atoms with Crippen molar-refractivity contribution in [1.29, 1.82) is 0 Å². The van der Waals surface area contributed by atoms with Gasteiger partial charge in [0.05, 0.1) is 6.10 Å². The van der Waals surface area contributed by atoms with E-state index in [1.165, 1.54) is 0 Å². The summed E-state index contributed by atoms with van der Waals surface area (Å²) >= 11 is 0. The molecule has 3 atom stereocenters. The maximum Gasteiger partial charge on any atom is 0.168 e. The number of carbonyl (C=O) groups is 5. The second kappa shape index (κ2) is 5.97. The Balaban J connectivity index is 3.11. The first kappa shape index (κ1) is 15.4. The number of Topliss-reactive ketones (excluding diaryl/α,β-unsaturated/α-hetero) is 3. The summed E-state index contributed by atoms with van der Waals surface area (Å²) in [5, 5.41) is 9.91. The first-order valence-corrected chi connectivity index (χ1v) is 6.05. The standard InChI is InChI=1S/C13H16O6/c1-6(2)3-9(16)10-12(18)7(4-14)11(17)8(5-15)13(10)19/h4-10,16H,3H2,1-2H3. The minimum absolute atomic E-state index is 0.0255. The van der Waals surface area contributed by atoms with Crippen LogP contribution in [-0.2, 0) is 24.0 Å². The fourth-order valence-electron chi connectivity index (χ4n) is 2.27. The van der Waals surface area contributed by atoms with Crippen molar-refractivity contribution in [2.75, 3.05) is 0 Å². The Morgan fingerprint density at radius 2 is 1.42 bits per heavy atom. The highest BCUT2D eigenvalue weighted by Gasteiger charge is 2.51. The van der Waals surface area contributed by atoms with E-state index in [9.17, 15) is 29.1 Å². The second-order valence-electron chi connectivity index (χ2n) is 5.11. The van der Waals surface area contributed by atoms with Gasteiger partial charge in [-0.2, -0.15) is 0 Å². The van der Waals surface area contributed by atoms with E-state index in [2.05, 4.69) is 0 Å². The lowest BCUT2D eigenvalue weighted by atomic mass is 9.70. The molecule has 19 heavy (non-hydrogen) atoms. The number of hydrogen-bond donors (Lipinski definition) is 1. The molecule has 1 N–H and O–H groups in total. The van der Waals surface area contributed by atoms with Gasteiger partial charge in [0.15, 0.2) is 17.3 Å². The summed E-state index contributed by atoms with van der Waals surface area (Å²) < 4.78 is 0. The van der Waals surface area contributed by atoms with Gasteiger partial charge in [-0.3, -0.25) is 14.4 Å². The molecule has 0 bridgehead atoms. The summed E-state index contributed by atoms with van der Waals surface area (Å²) in [4.78, 5) is 57.0. The topological polar surface area (TPSA) is 106 Å². The number of rotatable bonds is 5. The average molecular weight is 268 g/mol. The Kier molecular flexibility index (Phi) is 4.83. The van der Waals surface area contributed by atoms with Gasteiger partial charge in [-0.15, -0.1) is 0 Å². The predicted molar refractivity (Wildman–Crippen MR) is 63.1 cm³/mol. The molecule has 1 rings (SSSR count). The molecule has 0 aromatic rings. The van der Waals surface area contributed by atoms with Crippen molar-refractivity contribution < 1.29 is 29.1 Å². The van der Waals surface area contributed by atoms with Crippen molar-refractivity contribution in [3.8, 4) is 0 Å². The largest absolute Gasteiger partial charge is 0.392 e. The van der Waals surface area contributed by atoms with Crippen molar-refractivity contribution in [2.45, 2.75) is 26.4 Å². The van der Waals surface area contributed by atoms with Crippen LogP contribution < -0.4 is 0 Å². The normalized spacial score (nSPS) is 29.5. The molecule has 0 saturated heterocycles. The summed E-state index contributed by atoms with van der Waals surface area (Å²) in [5.41, 5.74) is 0. The maximum absolute atomic E-state index is 11.9. The van der Waals surface area contributed by atoms with Gasteiger partial charge < -0.3 is 14.7 Å². The molecule has 0 amide bonds. The van der Waals surface area contributed by atoms with E-state index in [-0.39, 0.29) is 24.9 Å². The fraction of sp³-hybridized carbons (Fsp3) is 0.615. The molecule has 0 spiro atoms. The minimum Gasteiger partial charge on any atom is -0.392 e. The van der Waals surface area contributed by atoms with Crippen LogP contribution in [0.4, 0.5) is 0 Å². The van der Waals surface area contributed by atoms with Crippen molar-refractivity contribution in [3.63, 3.8) is 0 Å². The molecular formula is C13H16O6. The monoisotopic (exact) mass is 268 g/mol. The quantitative estimate of drug-likeness (QED) is 0.525. The van der Waals surface area contributed by atoms with E-state index in [1.807, 2.05) is 0 Å². The lowest BCUT2D eigenvalue weighted by Gasteiger charge is -2.30. The van der Waals surface area contributed by atoms with Crippen LogP contribution in [0.3, 0.4) is 0 Å². The molecular weight excluding hydrogens is 252 g/mol. The molecule has 1 fully saturated rings. The highest BCUT2D eigenvalue weighted by molar-refractivity contribution is 6.33. The molecule has 0 radical (unpaired) electrons. The average Bonchev–Trinajstić information content (AvgIpc) is 2.28. The smallest absolute Gasteiger partial charge is 0.168 e. The van der Waals surface area contributed by atoms with Crippen molar-refractivity contribution in [1.82, 2.24) is 0 Å². The zero-order valence-corrected chi connectivity index (χ0v) is 10.7. The molecule has 1 aliphatic carbocycles. The summed E-state index contributed by atoms with van der Waals surface area (Å²) in [6.45, 7) is 3.58. The van der Waals surface area contributed by atoms with Gasteiger partial charge in [-0.1, -0.05) is 13.8 Å². The van der Waals surface area contributed by atoms with Crippen molar-refractivity contribution in [2.24, 2.45) is 23.7 Å². The molecule has 0 heterocycles. The molecule has 0 aliphatic heterocycles. The molecule has 104 valence electrons. The summed E-state index contributed by atoms with van der Waals surface area (Å²) in [6, 6.07) is 0. The number of carbonyl (C=O) groups excluding carboxylic acids is 5. The Morgan fingerprint density at radius 1 is 1.00 bits per heavy atom. The van der Waals surface area contributed by atoms with Crippen LogP contribution in [0.25, 0.3) is 0 Å². The van der Waals surface area contributed by atoms with E-state index in [1.54, 1.807) is 13.8 Å². The summed E-state index contributed by atoms with van der Waals surface area (Å²) in [6.07, 6.45) is -0.850. The van der Waals surface area contributed by atoms with Gasteiger partial charge in [-0.05, 0) is 12.3 Å². The first-order chi connectivity index (χ1) is 8.84. The second-order valence-corrected chi connectivity index (χ2v) is 5.11. The van der Waals surface area contributed by atoms with E-state index in [4.69, 9.17) is 0 Å². The number of aliphatic hydroxyl groups is 1. The Bertz CT molecular complexity index is 395. The Labute approximate surface area is 110 Å². The van der Waals surface area contributed by atoms with Gasteiger partial charge in [0.25, 0.3) is 0 Å². The highest BCUT2D eigenvalue weighted by Crippen LogP contribution is 2.27. The van der Waals surface area contributed by atoms with Gasteiger partial charge in [0.1, 0.15) is 30.3 Å². The third kappa shape index (κ3) is 2.84. The SMILES string of the molecule is CC(C)CC(O)C1C(=O)C(C=O)C(=O)C(C=O)C1=O. The Hall–Kier alpha value is -1.69. The highest BCUT2D eigenvalue weighted by atomic mass is 16.3. The lowest BCUT2D eigenvalue weighted by molar-refractivity contribution is -0.154. The number of aliphatic hydroxyl groups excluding tert-OH is 1. The van der Waals surface area contributed by atoms with Gasteiger partial charge in [0.2, 0.25) is 0 Å². The number of hydrogen-bond acceptors (Lipinski definition) is 6. The third-order valence-electron chi connectivity index (χ3n) is 3.21. The first-order valence-electron chi connectivity index (χ1n) is 6.05.